The van der Waals surface area contributed by atoms with Gasteiger partial charge >= 0.3 is 0 Å². The van der Waals surface area contributed by atoms with Gasteiger partial charge in [-0.15, -0.1) is 0 Å². The number of methoxy groups -OCH3 is 2. The number of aromatic nitrogens is 1. The second kappa shape index (κ2) is 8.86. The van der Waals surface area contributed by atoms with E-state index >= 15 is 0 Å². The molecule has 6 rings (SSSR count). The highest BCUT2D eigenvalue weighted by molar-refractivity contribution is 7.93. The van der Waals surface area contributed by atoms with Crippen molar-refractivity contribution in [3.05, 3.63) is 47.0 Å². The molecule has 1 saturated heterocycles. The minimum Gasteiger partial charge on any atom is -0.495 e. The monoisotopic (exact) mass is 575 g/mol. The summed E-state index contributed by atoms with van der Waals surface area (Å²) in [7, 11) is -5.06. The first-order chi connectivity index (χ1) is 18.4. The van der Waals surface area contributed by atoms with Crippen LogP contribution in [0.2, 0.25) is 0 Å². The van der Waals surface area contributed by atoms with Crippen molar-refractivity contribution in [2.75, 3.05) is 43.2 Å². The van der Waals surface area contributed by atoms with Crippen LogP contribution in [-0.2, 0) is 37.4 Å². The molecule has 3 aliphatic rings. The van der Waals surface area contributed by atoms with Crippen LogP contribution in [0.25, 0.3) is 11.3 Å². The van der Waals surface area contributed by atoms with Gasteiger partial charge in [0.2, 0.25) is 0 Å². The number of aliphatic hydroxyl groups is 1. The topological polar surface area (TPSA) is 148 Å². The highest BCUT2D eigenvalue weighted by atomic mass is 32.2. The van der Waals surface area contributed by atoms with Crippen molar-refractivity contribution in [2.24, 2.45) is 0 Å². The minimum absolute atomic E-state index is 0.0525. The van der Waals surface area contributed by atoms with Gasteiger partial charge < -0.3 is 24.0 Å². The standard InChI is InChI=1S/C26H29N3O8S2/c1-35-21-8-15(14-38(3,31)32)9-22(36-2)24(21)39(33,34)28-25-19-11-26(6-7-26)20-5-4-16(29-12-17(30)13-29)10-18(20)23(19)37-27-25/h4-5,8-10,17,30H,6-7,11-14H2,1-3H3,(H,27,28). The molecular formula is C26H29N3O8S2. The van der Waals surface area contributed by atoms with E-state index in [1.54, 1.807) is 0 Å². The third kappa shape index (κ3) is 4.51. The van der Waals surface area contributed by atoms with E-state index in [1.165, 1.54) is 26.4 Å². The smallest absolute Gasteiger partial charge is 0.270 e. The van der Waals surface area contributed by atoms with Crippen LogP contribution in [0.3, 0.4) is 0 Å². The maximum Gasteiger partial charge on any atom is 0.270 e. The zero-order valence-electron chi connectivity index (χ0n) is 21.7. The van der Waals surface area contributed by atoms with Gasteiger partial charge in [0, 0.05) is 41.6 Å². The molecule has 2 N–H and O–H groups in total. The van der Waals surface area contributed by atoms with Crippen LogP contribution in [-0.4, -0.2) is 66.8 Å². The molecule has 208 valence electrons. The molecule has 0 bridgehead atoms. The molecule has 11 nitrogen and oxygen atoms in total. The van der Waals surface area contributed by atoms with Crippen LogP contribution in [0, 0.1) is 0 Å². The molecule has 0 unspecified atom stereocenters. The lowest BCUT2D eigenvalue weighted by Gasteiger charge is -2.38. The fourth-order valence-corrected chi connectivity index (χ4v) is 7.71. The number of sulfonamides is 1. The zero-order valence-corrected chi connectivity index (χ0v) is 23.4. The fraction of sp³-hybridized carbons (Fsp3) is 0.423. The van der Waals surface area contributed by atoms with E-state index < -0.39 is 19.9 Å². The number of nitrogens with one attached hydrogen (secondary N) is 1. The van der Waals surface area contributed by atoms with Gasteiger partial charge in [0.1, 0.15) is 11.5 Å². The van der Waals surface area contributed by atoms with Gasteiger partial charge in [-0.25, -0.2) is 16.8 Å². The molecule has 2 aliphatic carbocycles. The molecule has 1 saturated carbocycles. The zero-order chi connectivity index (χ0) is 27.7. The van der Waals surface area contributed by atoms with Crippen LogP contribution >= 0.6 is 0 Å². The van der Waals surface area contributed by atoms with E-state index in [0.29, 0.717) is 36.4 Å². The Labute approximate surface area is 226 Å². The Morgan fingerprint density at radius 3 is 2.33 bits per heavy atom. The Kier molecular flexibility index (Phi) is 5.90. The Hall–Kier alpha value is -3.29. The molecule has 2 heterocycles. The van der Waals surface area contributed by atoms with Crippen molar-refractivity contribution in [3.8, 4) is 22.8 Å². The molecule has 0 radical (unpaired) electrons. The maximum atomic E-state index is 13.7. The lowest BCUT2D eigenvalue weighted by Crippen LogP contribution is -2.50. The average Bonchev–Trinajstić information content (AvgIpc) is 3.52. The molecule has 2 fully saturated rings. The number of hydrogen-bond acceptors (Lipinski definition) is 10. The van der Waals surface area contributed by atoms with Crippen LogP contribution in [0.5, 0.6) is 11.5 Å². The number of aliphatic hydroxyl groups excluding tert-OH is 1. The lowest BCUT2D eigenvalue weighted by atomic mass is 9.79. The first kappa shape index (κ1) is 26.0. The summed E-state index contributed by atoms with van der Waals surface area (Å²) in [6.45, 7) is 1.12. The normalized spacial score (nSPS) is 17.8. The summed E-state index contributed by atoms with van der Waals surface area (Å²) < 4.78 is 70.0. The number of nitrogens with zero attached hydrogens (tertiary/aromatic N) is 2. The van der Waals surface area contributed by atoms with Gasteiger partial charge in [-0.1, -0.05) is 11.2 Å². The van der Waals surface area contributed by atoms with E-state index in [0.717, 1.165) is 35.9 Å². The Balaban J connectivity index is 1.38. The van der Waals surface area contributed by atoms with E-state index in [4.69, 9.17) is 14.0 Å². The van der Waals surface area contributed by atoms with Crippen molar-refractivity contribution in [2.45, 2.75) is 41.4 Å². The number of ether oxygens (including phenoxy) is 2. The summed E-state index contributed by atoms with van der Waals surface area (Å²) in [6, 6.07) is 8.93. The molecule has 1 aromatic heterocycles. The van der Waals surface area contributed by atoms with Crippen LogP contribution in [0.15, 0.2) is 39.8 Å². The van der Waals surface area contributed by atoms with Crippen molar-refractivity contribution in [1.82, 2.24) is 5.16 Å². The molecule has 3 aromatic rings. The van der Waals surface area contributed by atoms with Gasteiger partial charge in [0.25, 0.3) is 10.0 Å². The van der Waals surface area contributed by atoms with E-state index in [2.05, 4.69) is 26.9 Å². The second-order valence-electron chi connectivity index (χ2n) is 10.6. The van der Waals surface area contributed by atoms with Crippen LogP contribution in [0.1, 0.15) is 29.5 Å². The number of rotatable bonds is 8. The number of β-amino-alcohol motifs (C(OH)–C–C–N with tert-alkyl or cyclic N) is 1. The summed E-state index contributed by atoms with van der Waals surface area (Å²) in [5, 5.41) is 13.9. The predicted octanol–water partition coefficient (Wildman–Crippen LogP) is 2.47. The van der Waals surface area contributed by atoms with Gasteiger partial charge in [0.05, 0.1) is 26.1 Å². The van der Waals surface area contributed by atoms with Crippen molar-refractivity contribution in [1.29, 1.82) is 0 Å². The fourth-order valence-electron chi connectivity index (χ4n) is 5.60. The van der Waals surface area contributed by atoms with Gasteiger partial charge in [0.15, 0.2) is 26.3 Å². The lowest BCUT2D eigenvalue weighted by molar-refractivity contribution is 0.142. The number of fused-ring (bicyclic) bond motifs is 4. The SMILES string of the molecule is COc1cc(CS(C)(=O)=O)cc(OC)c1S(=O)(=O)Nc1noc2c1CC1(CC1)c1ccc(N3CC(O)C3)cc1-2. The van der Waals surface area contributed by atoms with E-state index in [9.17, 15) is 21.9 Å². The minimum atomic E-state index is -4.29. The summed E-state index contributed by atoms with van der Waals surface area (Å²) in [4.78, 5) is 1.81. The quantitative estimate of drug-likeness (QED) is 0.410. The highest BCUT2D eigenvalue weighted by Gasteiger charge is 2.51. The summed E-state index contributed by atoms with van der Waals surface area (Å²) in [5.74, 6) is 0.206. The third-order valence-corrected chi connectivity index (χ3v) is 9.91. The number of anilines is 2. The maximum absolute atomic E-state index is 13.7. The summed E-state index contributed by atoms with van der Waals surface area (Å²) in [5.41, 5.74) is 3.92. The Morgan fingerprint density at radius 2 is 1.77 bits per heavy atom. The van der Waals surface area contributed by atoms with Gasteiger partial charge in [-0.3, -0.25) is 4.72 Å². The molecule has 0 amide bonds. The molecule has 13 heteroatoms. The predicted molar refractivity (Wildman–Crippen MR) is 144 cm³/mol. The number of benzene rings is 2. The van der Waals surface area contributed by atoms with Crippen LogP contribution < -0.4 is 19.1 Å². The largest absolute Gasteiger partial charge is 0.495 e. The van der Waals surface area contributed by atoms with Crippen molar-refractivity contribution >= 4 is 31.4 Å². The summed E-state index contributed by atoms with van der Waals surface area (Å²) in [6.07, 6.45) is 3.28. The first-order valence-electron chi connectivity index (χ1n) is 12.4. The molecule has 2 aromatic carbocycles. The highest BCUT2D eigenvalue weighted by Crippen LogP contribution is 2.59. The first-order valence-corrected chi connectivity index (χ1v) is 16.0. The van der Waals surface area contributed by atoms with Gasteiger partial charge in [-0.2, -0.15) is 0 Å². The number of hydrogen-bond donors (Lipinski definition) is 2. The Bertz CT molecular complexity index is 1660. The van der Waals surface area contributed by atoms with Gasteiger partial charge in [-0.05, 0) is 54.7 Å². The molecular weight excluding hydrogens is 546 g/mol. The Morgan fingerprint density at radius 1 is 1.10 bits per heavy atom. The molecule has 1 aliphatic heterocycles. The van der Waals surface area contributed by atoms with Crippen molar-refractivity contribution in [3.63, 3.8) is 0 Å². The van der Waals surface area contributed by atoms with E-state index in [-0.39, 0.29) is 39.5 Å². The van der Waals surface area contributed by atoms with Crippen LogP contribution in [0.4, 0.5) is 11.5 Å². The second-order valence-corrected chi connectivity index (χ2v) is 14.3. The molecule has 0 atom stereocenters. The molecule has 1 spiro atoms. The van der Waals surface area contributed by atoms with E-state index in [1.807, 2.05) is 6.07 Å². The number of sulfone groups is 1. The van der Waals surface area contributed by atoms with Crippen molar-refractivity contribution < 1.29 is 35.9 Å². The third-order valence-electron chi connectivity index (χ3n) is 7.65. The molecule has 39 heavy (non-hydrogen) atoms. The summed E-state index contributed by atoms with van der Waals surface area (Å²) >= 11 is 0. The average molecular weight is 576 g/mol.